The Hall–Kier alpha value is 0.752. The fourth-order valence-corrected chi connectivity index (χ4v) is 0.190. The summed E-state index contributed by atoms with van der Waals surface area (Å²) in [6, 6.07) is 0. The number of hydrogen-bond donors (Lipinski definition) is 0. The zero-order valence-corrected chi connectivity index (χ0v) is 13.6. The van der Waals surface area contributed by atoms with Gasteiger partial charge in [-0.05, 0) is 0 Å². The fourth-order valence-electron chi connectivity index (χ4n) is 0.190. The third-order valence-electron chi connectivity index (χ3n) is 0.534. The van der Waals surface area contributed by atoms with Crippen molar-refractivity contribution in [1.82, 2.24) is 0 Å². The summed E-state index contributed by atoms with van der Waals surface area (Å²) in [6.45, 7) is 14.5. The van der Waals surface area contributed by atoms with Crippen LogP contribution in [0.25, 0.3) is 0 Å². The van der Waals surface area contributed by atoms with Crippen LogP contribution < -0.4 is 0 Å². The molecule has 0 amide bonds. The van der Waals surface area contributed by atoms with Crippen LogP contribution in [0.4, 0.5) is 0 Å². The van der Waals surface area contributed by atoms with Gasteiger partial charge in [0.05, 0.1) is 0 Å². The van der Waals surface area contributed by atoms with Gasteiger partial charge in [0.2, 0.25) is 0 Å². The monoisotopic (exact) mass is 408 g/mol. The van der Waals surface area contributed by atoms with Gasteiger partial charge >= 0.3 is 24.3 Å². The first-order chi connectivity index (χ1) is 5.31. The molecular formula is C10H15WY-3. The average Bonchev–Trinajstić information content (AvgIpc) is 2.12. The predicted octanol–water partition coefficient (Wildman–Crippen LogP) is 2.79. The van der Waals surface area contributed by atoms with Crippen LogP contribution in [0.3, 0.4) is 0 Å². The van der Waals surface area contributed by atoms with Gasteiger partial charge in [0.15, 0.2) is 0 Å². The standard InChI is InChI=1S/C7H8.C2H6.CH.W.Y/c1-4-6-7(3)5-2;1-2;;;/h4-5H,1-3H2;1-2H3;1H;;/q-2;;-1;;. The molecule has 0 rings (SSSR count). The zero-order chi connectivity index (χ0) is 9.70. The van der Waals surface area contributed by atoms with Gasteiger partial charge in [-0.15, -0.1) is 0 Å². The van der Waals surface area contributed by atoms with Gasteiger partial charge in [0.25, 0.3) is 0 Å². The number of rotatable bonds is 2. The van der Waals surface area contributed by atoms with E-state index in [2.05, 4.69) is 31.1 Å². The summed E-state index contributed by atoms with van der Waals surface area (Å²) in [5, 5.41) is 0. The molecule has 0 nitrogen and oxygen atoms in total. The minimum absolute atomic E-state index is 0. The average molecular weight is 408 g/mol. The molecule has 0 aliphatic rings. The Morgan fingerprint density at radius 1 is 1.42 bits per heavy atom. The minimum atomic E-state index is 0. The molecular weight excluding hydrogens is 393 g/mol. The van der Waals surface area contributed by atoms with E-state index >= 15 is 0 Å². The van der Waals surface area contributed by atoms with Crippen LogP contribution in [-0.4, -0.2) is 4.90 Å². The molecule has 0 bridgehead atoms. The van der Waals surface area contributed by atoms with Crippen LogP contribution in [0, 0.1) is 13.0 Å². The molecule has 0 atom stereocenters. The molecule has 0 aromatic carbocycles. The second-order valence-electron chi connectivity index (χ2n) is 1.08. The molecule has 12 heavy (non-hydrogen) atoms. The smallest absolute Gasteiger partial charge is 0 e. The van der Waals surface area contributed by atoms with Crippen LogP contribution >= 0.6 is 0 Å². The van der Waals surface area contributed by atoms with Crippen molar-refractivity contribution in [2.24, 2.45) is 0 Å². The Morgan fingerprint density at radius 3 is 1.83 bits per heavy atom. The molecule has 0 saturated carbocycles. The van der Waals surface area contributed by atoms with Crippen molar-refractivity contribution in [3.05, 3.63) is 43.9 Å². The van der Waals surface area contributed by atoms with E-state index in [-0.39, 0.29) is 32.7 Å². The third kappa shape index (κ3) is 30.9. The maximum atomic E-state index is 4.58. The molecule has 67 valence electrons. The first kappa shape index (κ1) is 23.0. The van der Waals surface area contributed by atoms with Crippen molar-refractivity contribution in [3.8, 4) is 0 Å². The molecule has 0 N–H and O–H groups in total. The van der Waals surface area contributed by atoms with Gasteiger partial charge in [0, 0.05) is 32.7 Å². The molecule has 0 aromatic rings. The molecule has 0 aliphatic carbocycles. The van der Waals surface area contributed by atoms with E-state index < -0.39 is 0 Å². The van der Waals surface area contributed by atoms with E-state index in [1.807, 2.05) is 13.8 Å². The third-order valence-corrected chi connectivity index (χ3v) is 0.534. The minimum Gasteiger partial charge on any atom is 0 e. The fraction of sp³-hybridized carbons (Fsp3) is 0.200. The van der Waals surface area contributed by atoms with Gasteiger partial charge in [0.1, 0.15) is 0 Å². The maximum Gasteiger partial charge on any atom is 0 e. The summed E-state index contributed by atoms with van der Waals surface area (Å²) < 4.78 is 0. The molecule has 0 saturated heterocycles. The van der Waals surface area contributed by atoms with Crippen LogP contribution in [0.2, 0.25) is 0 Å². The Kier molecular flexibility index (Phi) is 57.1. The van der Waals surface area contributed by atoms with Gasteiger partial charge in [-0.3, -0.25) is 18.6 Å². The SMILES string of the molecule is C=C[C-]=C([CH2-])C=C.CC.[CH-]=[W].[Y]. The Bertz CT molecular complexity index is 117. The molecule has 0 aliphatic heterocycles. The molecule has 0 aromatic heterocycles. The molecule has 0 fully saturated rings. The second kappa shape index (κ2) is 29.8. The van der Waals surface area contributed by atoms with Crippen molar-refractivity contribution in [3.63, 3.8) is 0 Å². The topological polar surface area (TPSA) is 0 Å². The maximum absolute atomic E-state index is 4.58. The molecule has 0 spiro atoms. The van der Waals surface area contributed by atoms with Crippen LogP contribution in [-0.2, 0) is 52.1 Å². The van der Waals surface area contributed by atoms with Crippen molar-refractivity contribution < 1.29 is 52.1 Å². The van der Waals surface area contributed by atoms with E-state index in [4.69, 9.17) is 0 Å². The first-order valence-electron chi connectivity index (χ1n) is 3.23. The second-order valence-corrected chi connectivity index (χ2v) is 1.08. The van der Waals surface area contributed by atoms with Gasteiger partial charge in [-0.25, -0.2) is 18.7 Å². The van der Waals surface area contributed by atoms with E-state index in [0.717, 1.165) is 24.9 Å². The van der Waals surface area contributed by atoms with Gasteiger partial charge in [-0.2, -0.15) is 6.58 Å². The van der Waals surface area contributed by atoms with E-state index in [0.29, 0.717) is 0 Å². The van der Waals surface area contributed by atoms with Crippen LogP contribution in [0.1, 0.15) is 13.8 Å². The first-order valence-corrected chi connectivity index (χ1v) is 4.93. The van der Waals surface area contributed by atoms with Gasteiger partial charge < -0.3 is 0 Å². The van der Waals surface area contributed by atoms with Crippen molar-refractivity contribution in [2.45, 2.75) is 13.8 Å². The summed E-state index contributed by atoms with van der Waals surface area (Å²) in [6.07, 6.45) is 5.93. The summed E-state index contributed by atoms with van der Waals surface area (Å²) in [7, 11) is 0. The Morgan fingerprint density at radius 2 is 1.75 bits per heavy atom. The number of allylic oxidation sites excluding steroid dienone is 4. The zero-order valence-electron chi connectivity index (χ0n) is 7.84. The van der Waals surface area contributed by atoms with E-state index in [9.17, 15) is 0 Å². The largest absolute Gasteiger partial charge is 0 e. The van der Waals surface area contributed by atoms with Crippen molar-refractivity contribution in [2.75, 3.05) is 0 Å². The van der Waals surface area contributed by atoms with E-state index in [1.54, 1.807) is 12.2 Å². The quantitative estimate of drug-likeness (QED) is 0.487. The summed E-state index contributed by atoms with van der Waals surface area (Å²) in [4.78, 5) is 4.58. The summed E-state index contributed by atoms with van der Waals surface area (Å²) >= 11 is 1.08. The molecule has 1 radical (unpaired) electrons. The Labute approximate surface area is 114 Å². The Balaban J connectivity index is -0.0000000560. The summed E-state index contributed by atoms with van der Waals surface area (Å²) in [5.74, 6) is 0. The van der Waals surface area contributed by atoms with Crippen LogP contribution in [0.15, 0.2) is 30.9 Å². The van der Waals surface area contributed by atoms with Crippen LogP contribution in [0.5, 0.6) is 0 Å². The number of hydrogen-bond acceptors (Lipinski definition) is 0. The van der Waals surface area contributed by atoms with Gasteiger partial charge in [-0.1, -0.05) is 13.8 Å². The van der Waals surface area contributed by atoms with Crippen molar-refractivity contribution >= 4 is 4.90 Å². The molecule has 0 heterocycles. The normalized spacial score (nSPS) is 7.00. The summed E-state index contributed by atoms with van der Waals surface area (Å²) in [5.41, 5.74) is 0.773. The van der Waals surface area contributed by atoms with E-state index in [1.165, 1.54) is 0 Å². The van der Waals surface area contributed by atoms with Crippen molar-refractivity contribution in [1.29, 1.82) is 0 Å². The predicted molar refractivity (Wildman–Crippen MR) is 49.9 cm³/mol. The molecule has 2 heteroatoms. The molecule has 0 unspecified atom stereocenters.